The van der Waals surface area contributed by atoms with Gasteiger partial charge in [0.2, 0.25) is 5.72 Å². The van der Waals surface area contributed by atoms with E-state index < -0.39 is 0 Å². The molecule has 5 nitrogen and oxygen atoms in total. The summed E-state index contributed by atoms with van der Waals surface area (Å²) in [5.41, 5.74) is 2.92. The minimum atomic E-state index is -0.378. The molecule has 0 bridgehead atoms. The lowest BCUT2D eigenvalue weighted by Crippen LogP contribution is -2.58. The number of aromatic hydroxyl groups is 1. The summed E-state index contributed by atoms with van der Waals surface area (Å²) in [4.78, 5) is 2.35. The summed E-state index contributed by atoms with van der Waals surface area (Å²) in [7, 11) is 2.16. The van der Waals surface area contributed by atoms with E-state index >= 15 is 0 Å². The summed E-state index contributed by atoms with van der Waals surface area (Å²) in [6.45, 7) is 2.00. The molecule has 1 atom stereocenters. The fourth-order valence-electron chi connectivity index (χ4n) is 4.38. The van der Waals surface area contributed by atoms with Crippen molar-refractivity contribution in [1.29, 1.82) is 0 Å². The average Bonchev–Trinajstić information content (AvgIpc) is 3.12. The van der Waals surface area contributed by atoms with Crippen molar-refractivity contribution in [3.05, 3.63) is 58.1 Å². The van der Waals surface area contributed by atoms with Gasteiger partial charge in [0, 0.05) is 42.4 Å². The largest absolute Gasteiger partial charge is 0.508 e. The molecule has 0 aromatic heterocycles. The quantitative estimate of drug-likeness (QED) is 0.743. The van der Waals surface area contributed by atoms with E-state index in [-0.39, 0.29) is 17.5 Å². The third-order valence-corrected chi connectivity index (χ3v) is 6.42. The van der Waals surface area contributed by atoms with Crippen molar-refractivity contribution in [2.24, 2.45) is 5.10 Å². The predicted molar refractivity (Wildman–Crippen MR) is 108 cm³/mol. The van der Waals surface area contributed by atoms with Gasteiger partial charge in [-0.1, -0.05) is 15.9 Å². The van der Waals surface area contributed by atoms with Gasteiger partial charge in [0.25, 0.3) is 0 Å². The highest BCUT2D eigenvalue weighted by Gasteiger charge is 2.51. The highest BCUT2D eigenvalue weighted by atomic mass is 79.9. The first-order valence-corrected chi connectivity index (χ1v) is 10.2. The maximum atomic E-state index is 9.61. The number of phenols is 1. The summed E-state index contributed by atoms with van der Waals surface area (Å²) < 4.78 is 7.67. The van der Waals surface area contributed by atoms with Gasteiger partial charge in [0.1, 0.15) is 11.5 Å². The number of halogens is 1. The van der Waals surface area contributed by atoms with Crippen molar-refractivity contribution in [3.8, 4) is 11.5 Å². The lowest BCUT2D eigenvalue weighted by molar-refractivity contribution is -0.147. The van der Waals surface area contributed by atoms with E-state index in [0.29, 0.717) is 0 Å². The van der Waals surface area contributed by atoms with Gasteiger partial charge in [-0.2, -0.15) is 5.10 Å². The van der Waals surface area contributed by atoms with Gasteiger partial charge in [-0.15, -0.1) is 0 Å². The summed E-state index contributed by atoms with van der Waals surface area (Å²) >= 11 is 3.60. The third-order valence-electron chi connectivity index (χ3n) is 5.93. The molecular formula is C21H22BrN3O2. The molecule has 0 amide bonds. The molecule has 2 aromatic carbocycles. The van der Waals surface area contributed by atoms with E-state index in [1.807, 2.05) is 18.2 Å². The molecule has 5 rings (SSSR count). The number of piperidine rings is 1. The van der Waals surface area contributed by atoms with Crippen LogP contribution >= 0.6 is 15.9 Å². The van der Waals surface area contributed by atoms with Crippen LogP contribution in [0.4, 0.5) is 0 Å². The first-order chi connectivity index (χ1) is 13.0. The van der Waals surface area contributed by atoms with Crippen molar-refractivity contribution >= 4 is 21.6 Å². The predicted octanol–water partition coefficient (Wildman–Crippen LogP) is 4.12. The second-order valence-electron chi connectivity index (χ2n) is 7.69. The van der Waals surface area contributed by atoms with Gasteiger partial charge in [0.15, 0.2) is 0 Å². The minimum absolute atomic E-state index is 0.179. The summed E-state index contributed by atoms with van der Waals surface area (Å²) in [6, 6.07) is 13.8. The summed E-state index contributed by atoms with van der Waals surface area (Å²) in [5.74, 6) is 1.26. The molecule has 0 radical (unpaired) electrons. The Balaban J connectivity index is 1.58. The Morgan fingerprint density at radius 1 is 1.15 bits per heavy atom. The maximum absolute atomic E-state index is 9.61. The minimum Gasteiger partial charge on any atom is -0.508 e. The Morgan fingerprint density at radius 2 is 1.89 bits per heavy atom. The molecule has 1 spiro atoms. The second-order valence-corrected chi connectivity index (χ2v) is 8.61. The molecule has 3 aliphatic heterocycles. The molecule has 0 saturated carbocycles. The van der Waals surface area contributed by atoms with Crippen LogP contribution in [0.25, 0.3) is 0 Å². The van der Waals surface area contributed by atoms with Crippen LogP contribution in [0.5, 0.6) is 11.5 Å². The first-order valence-electron chi connectivity index (χ1n) is 9.37. The zero-order valence-electron chi connectivity index (χ0n) is 15.2. The molecule has 6 heteroatoms. The number of fused-ring (bicyclic) bond motifs is 4. The number of likely N-dealkylation sites (tertiary alicyclic amines) is 1. The number of nitrogens with zero attached hydrogens (tertiary/aromatic N) is 3. The highest BCUT2D eigenvalue weighted by molar-refractivity contribution is 9.10. The number of phenolic OH excluding ortho intramolecular Hbond substituents is 1. The zero-order chi connectivity index (χ0) is 18.6. The van der Waals surface area contributed by atoms with Crippen molar-refractivity contribution < 1.29 is 9.84 Å². The van der Waals surface area contributed by atoms with Crippen LogP contribution in [-0.2, 0) is 0 Å². The number of hydrogen-bond donors (Lipinski definition) is 1. The lowest BCUT2D eigenvalue weighted by Gasteiger charge is -2.50. The molecule has 3 heterocycles. The van der Waals surface area contributed by atoms with E-state index in [0.717, 1.165) is 53.8 Å². The number of ether oxygens (including phenoxy) is 1. The molecule has 27 heavy (non-hydrogen) atoms. The summed E-state index contributed by atoms with van der Waals surface area (Å²) in [5, 5.41) is 16.9. The smallest absolute Gasteiger partial charge is 0.200 e. The fraction of sp³-hybridized carbons (Fsp3) is 0.381. The van der Waals surface area contributed by atoms with Crippen LogP contribution in [0.3, 0.4) is 0 Å². The van der Waals surface area contributed by atoms with Crippen LogP contribution in [0, 0.1) is 0 Å². The summed E-state index contributed by atoms with van der Waals surface area (Å²) in [6.07, 6.45) is 2.71. The fourth-order valence-corrected chi connectivity index (χ4v) is 4.76. The van der Waals surface area contributed by atoms with Crippen molar-refractivity contribution in [1.82, 2.24) is 9.91 Å². The third kappa shape index (κ3) is 2.82. The molecule has 1 unspecified atom stereocenters. The van der Waals surface area contributed by atoms with E-state index in [1.54, 1.807) is 12.1 Å². The Morgan fingerprint density at radius 3 is 2.63 bits per heavy atom. The highest BCUT2D eigenvalue weighted by Crippen LogP contribution is 2.50. The Labute approximate surface area is 167 Å². The van der Waals surface area contributed by atoms with Crippen molar-refractivity contribution in [2.45, 2.75) is 31.0 Å². The topological polar surface area (TPSA) is 48.3 Å². The van der Waals surface area contributed by atoms with Crippen molar-refractivity contribution in [3.63, 3.8) is 0 Å². The molecule has 1 N–H and O–H groups in total. The molecule has 3 aliphatic rings. The Bertz CT molecular complexity index is 904. The SMILES string of the molecule is CN1CCC2(CC1)Oc1ccc(Br)cc1C1CC(c3ccc(O)cc3)=NN12. The van der Waals surface area contributed by atoms with Crippen LogP contribution in [0.2, 0.25) is 0 Å². The lowest BCUT2D eigenvalue weighted by atomic mass is 9.91. The van der Waals surface area contributed by atoms with Gasteiger partial charge >= 0.3 is 0 Å². The van der Waals surface area contributed by atoms with Crippen LogP contribution in [0.15, 0.2) is 52.0 Å². The Kier molecular flexibility index (Phi) is 3.95. The monoisotopic (exact) mass is 427 g/mol. The molecule has 140 valence electrons. The van der Waals surface area contributed by atoms with Crippen molar-refractivity contribution in [2.75, 3.05) is 20.1 Å². The molecule has 0 aliphatic carbocycles. The zero-order valence-corrected chi connectivity index (χ0v) is 16.8. The van der Waals surface area contributed by atoms with E-state index in [1.165, 1.54) is 5.56 Å². The normalized spacial score (nSPS) is 23.6. The van der Waals surface area contributed by atoms with Gasteiger partial charge < -0.3 is 14.7 Å². The van der Waals surface area contributed by atoms with Gasteiger partial charge in [-0.05, 0) is 55.1 Å². The number of hydrazone groups is 1. The maximum Gasteiger partial charge on any atom is 0.200 e. The standard InChI is InChI=1S/C21H22BrN3O2/c1-24-10-8-21(9-11-24)25-19(17-12-15(22)4-7-20(17)27-21)13-18(23-25)14-2-5-16(26)6-3-14/h2-7,12,19,26H,8-11,13H2,1H3. The van der Waals surface area contributed by atoms with Gasteiger partial charge in [0.05, 0.1) is 11.8 Å². The molecular weight excluding hydrogens is 406 g/mol. The average molecular weight is 428 g/mol. The number of rotatable bonds is 1. The first kappa shape index (κ1) is 17.1. The van der Waals surface area contributed by atoms with Gasteiger partial charge in [-0.25, -0.2) is 5.01 Å². The molecule has 1 saturated heterocycles. The second kappa shape index (κ2) is 6.24. The van der Waals surface area contributed by atoms with Gasteiger partial charge in [-0.3, -0.25) is 0 Å². The van der Waals surface area contributed by atoms with Crippen LogP contribution < -0.4 is 4.74 Å². The number of benzene rings is 2. The van der Waals surface area contributed by atoms with Crippen LogP contribution in [-0.4, -0.2) is 46.6 Å². The van der Waals surface area contributed by atoms with E-state index in [2.05, 4.69) is 45.0 Å². The van der Waals surface area contributed by atoms with Crippen LogP contribution in [0.1, 0.15) is 36.4 Å². The van der Waals surface area contributed by atoms with E-state index in [9.17, 15) is 5.11 Å². The number of hydrogen-bond acceptors (Lipinski definition) is 5. The Hall–Kier alpha value is -2.05. The van der Waals surface area contributed by atoms with E-state index in [4.69, 9.17) is 9.84 Å². The molecule has 1 fully saturated rings. The molecule has 2 aromatic rings.